The van der Waals surface area contributed by atoms with Crippen molar-refractivity contribution in [3.8, 4) is 0 Å². The molecule has 0 heterocycles. The van der Waals surface area contributed by atoms with Crippen molar-refractivity contribution in [3.63, 3.8) is 0 Å². The average Bonchev–Trinajstić information content (AvgIpc) is 2.81. The van der Waals surface area contributed by atoms with E-state index in [-0.39, 0.29) is 0 Å². The van der Waals surface area contributed by atoms with E-state index in [9.17, 15) is 0 Å². The lowest BCUT2D eigenvalue weighted by molar-refractivity contribution is 0.344. The molecular formula is C14H20BrN. The van der Waals surface area contributed by atoms with Gasteiger partial charge in [-0.2, -0.15) is 0 Å². The largest absolute Gasteiger partial charge is 0.330 e. The fraction of sp³-hybridized carbons (Fsp3) is 0.571. The van der Waals surface area contributed by atoms with Gasteiger partial charge in [-0.3, -0.25) is 0 Å². The molecule has 1 aliphatic rings. The normalized spacial score (nSPS) is 18.9. The SMILES string of the molecule is NCC(Cc1ccccc1Br)C1CCCC1. The topological polar surface area (TPSA) is 26.0 Å². The fourth-order valence-electron chi connectivity index (χ4n) is 2.82. The van der Waals surface area contributed by atoms with E-state index >= 15 is 0 Å². The summed E-state index contributed by atoms with van der Waals surface area (Å²) in [5, 5.41) is 0. The van der Waals surface area contributed by atoms with Gasteiger partial charge < -0.3 is 5.73 Å². The summed E-state index contributed by atoms with van der Waals surface area (Å²) in [6.45, 7) is 0.825. The third-order valence-electron chi connectivity index (χ3n) is 3.81. The van der Waals surface area contributed by atoms with Gasteiger partial charge in [-0.25, -0.2) is 0 Å². The molecule has 2 heteroatoms. The number of nitrogens with two attached hydrogens (primary N) is 1. The Morgan fingerprint density at radius 1 is 1.25 bits per heavy atom. The van der Waals surface area contributed by atoms with Crippen LogP contribution >= 0.6 is 15.9 Å². The molecule has 1 aromatic rings. The maximum absolute atomic E-state index is 5.94. The molecule has 0 amide bonds. The van der Waals surface area contributed by atoms with Crippen molar-refractivity contribution >= 4 is 15.9 Å². The van der Waals surface area contributed by atoms with E-state index in [2.05, 4.69) is 40.2 Å². The molecular weight excluding hydrogens is 262 g/mol. The summed E-state index contributed by atoms with van der Waals surface area (Å²) in [7, 11) is 0. The lowest BCUT2D eigenvalue weighted by Crippen LogP contribution is -2.24. The van der Waals surface area contributed by atoms with Gasteiger partial charge in [0.2, 0.25) is 0 Å². The summed E-state index contributed by atoms with van der Waals surface area (Å²) < 4.78 is 1.23. The molecule has 1 saturated carbocycles. The monoisotopic (exact) mass is 281 g/mol. The molecule has 16 heavy (non-hydrogen) atoms. The highest BCUT2D eigenvalue weighted by Gasteiger charge is 2.24. The van der Waals surface area contributed by atoms with Crippen LogP contribution in [0.15, 0.2) is 28.7 Å². The van der Waals surface area contributed by atoms with Crippen LogP contribution in [0.5, 0.6) is 0 Å². The van der Waals surface area contributed by atoms with Gasteiger partial charge >= 0.3 is 0 Å². The van der Waals surface area contributed by atoms with Crippen LogP contribution < -0.4 is 5.73 Å². The van der Waals surface area contributed by atoms with Crippen LogP contribution in [0.2, 0.25) is 0 Å². The first-order chi connectivity index (χ1) is 7.81. The Morgan fingerprint density at radius 3 is 2.56 bits per heavy atom. The molecule has 1 atom stereocenters. The molecule has 0 saturated heterocycles. The Kier molecular flexibility index (Phi) is 4.42. The van der Waals surface area contributed by atoms with Gasteiger partial charge in [-0.15, -0.1) is 0 Å². The van der Waals surface area contributed by atoms with Crippen molar-refractivity contribution in [3.05, 3.63) is 34.3 Å². The number of hydrogen-bond acceptors (Lipinski definition) is 1. The molecule has 88 valence electrons. The first-order valence-electron chi connectivity index (χ1n) is 6.24. The fourth-order valence-corrected chi connectivity index (χ4v) is 3.26. The Balaban J connectivity index is 2.03. The first-order valence-corrected chi connectivity index (χ1v) is 7.04. The quantitative estimate of drug-likeness (QED) is 0.894. The number of hydrogen-bond donors (Lipinski definition) is 1. The second kappa shape index (κ2) is 5.83. The van der Waals surface area contributed by atoms with Crippen molar-refractivity contribution in [1.82, 2.24) is 0 Å². The lowest BCUT2D eigenvalue weighted by Gasteiger charge is -2.22. The molecule has 1 nitrogen and oxygen atoms in total. The minimum absolute atomic E-state index is 0.668. The van der Waals surface area contributed by atoms with E-state index < -0.39 is 0 Å². The Morgan fingerprint density at radius 2 is 1.94 bits per heavy atom. The minimum atomic E-state index is 0.668. The van der Waals surface area contributed by atoms with E-state index in [0.717, 1.165) is 18.9 Å². The molecule has 2 N–H and O–H groups in total. The van der Waals surface area contributed by atoms with E-state index in [0.29, 0.717) is 5.92 Å². The van der Waals surface area contributed by atoms with Crippen LogP contribution in [0.1, 0.15) is 31.2 Å². The molecule has 1 unspecified atom stereocenters. The Hall–Kier alpha value is -0.340. The maximum atomic E-state index is 5.94. The predicted molar refractivity (Wildman–Crippen MR) is 72.3 cm³/mol. The van der Waals surface area contributed by atoms with Gasteiger partial charge in [0.05, 0.1) is 0 Å². The van der Waals surface area contributed by atoms with Gasteiger partial charge in [0.25, 0.3) is 0 Å². The summed E-state index contributed by atoms with van der Waals surface area (Å²) in [6, 6.07) is 8.52. The third kappa shape index (κ3) is 2.86. The third-order valence-corrected chi connectivity index (χ3v) is 4.58. The smallest absolute Gasteiger partial charge is 0.0207 e. The van der Waals surface area contributed by atoms with Gasteiger partial charge in [-0.05, 0) is 36.4 Å². The van der Waals surface area contributed by atoms with Crippen molar-refractivity contribution in [2.75, 3.05) is 6.54 Å². The average molecular weight is 282 g/mol. The van der Waals surface area contributed by atoms with E-state index in [1.54, 1.807) is 0 Å². The van der Waals surface area contributed by atoms with E-state index in [1.807, 2.05) is 0 Å². The summed E-state index contributed by atoms with van der Waals surface area (Å²) in [6.07, 6.45) is 6.69. The second-order valence-electron chi connectivity index (χ2n) is 4.84. The van der Waals surface area contributed by atoms with Crippen molar-refractivity contribution in [1.29, 1.82) is 0 Å². The Labute approximate surface area is 107 Å². The van der Waals surface area contributed by atoms with E-state index in [4.69, 9.17) is 5.73 Å². The van der Waals surface area contributed by atoms with Crippen LogP contribution in [-0.2, 0) is 6.42 Å². The number of benzene rings is 1. The second-order valence-corrected chi connectivity index (χ2v) is 5.69. The zero-order chi connectivity index (χ0) is 11.4. The molecule has 1 fully saturated rings. The molecule has 1 aromatic carbocycles. The lowest BCUT2D eigenvalue weighted by atomic mass is 9.86. The highest BCUT2D eigenvalue weighted by Crippen LogP contribution is 2.33. The summed E-state index contributed by atoms with van der Waals surface area (Å²) in [4.78, 5) is 0. The molecule has 0 spiro atoms. The summed E-state index contributed by atoms with van der Waals surface area (Å²) in [5.41, 5.74) is 7.34. The van der Waals surface area contributed by atoms with Crippen LogP contribution in [0.3, 0.4) is 0 Å². The van der Waals surface area contributed by atoms with Gasteiger partial charge in [-0.1, -0.05) is 59.8 Å². The molecule has 0 bridgehead atoms. The Bertz CT molecular complexity index is 331. The maximum Gasteiger partial charge on any atom is 0.0207 e. The van der Waals surface area contributed by atoms with Crippen molar-refractivity contribution in [2.24, 2.45) is 17.6 Å². The molecule has 0 aliphatic heterocycles. The molecule has 0 radical (unpaired) electrons. The van der Waals surface area contributed by atoms with Crippen LogP contribution in [0, 0.1) is 11.8 Å². The minimum Gasteiger partial charge on any atom is -0.330 e. The molecule has 1 aliphatic carbocycles. The van der Waals surface area contributed by atoms with Gasteiger partial charge in [0.1, 0.15) is 0 Å². The van der Waals surface area contributed by atoms with Crippen LogP contribution in [-0.4, -0.2) is 6.54 Å². The van der Waals surface area contributed by atoms with Crippen molar-refractivity contribution < 1.29 is 0 Å². The molecule has 2 rings (SSSR count). The zero-order valence-corrected chi connectivity index (χ0v) is 11.2. The number of halogens is 1. The zero-order valence-electron chi connectivity index (χ0n) is 9.66. The molecule has 0 aromatic heterocycles. The predicted octanol–water partition coefficient (Wildman–Crippen LogP) is 3.76. The van der Waals surface area contributed by atoms with Gasteiger partial charge in [0, 0.05) is 4.47 Å². The highest BCUT2D eigenvalue weighted by atomic mass is 79.9. The number of rotatable bonds is 4. The first kappa shape index (κ1) is 12.1. The summed E-state index contributed by atoms with van der Waals surface area (Å²) >= 11 is 3.62. The van der Waals surface area contributed by atoms with Crippen LogP contribution in [0.25, 0.3) is 0 Å². The van der Waals surface area contributed by atoms with Crippen molar-refractivity contribution in [2.45, 2.75) is 32.1 Å². The van der Waals surface area contributed by atoms with Crippen LogP contribution in [0.4, 0.5) is 0 Å². The standard InChI is InChI=1S/C14H20BrN/c15-14-8-4-3-7-12(14)9-13(10-16)11-5-1-2-6-11/h3-4,7-8,11,13H,1-2,5-6,9-10,16H2. The highest BCUT2D eigenvalue weighted by molar-refractivity contribution is 9.10. The van der Waals surface area contributed by atoms with Gasteiger partial charge in [0.15, 0.2) is 0 Å². The van der Waals surface area contributed by atoms with E-state index in [1.165, 1.54) is 35.7 Å². The summed E-state index contributed by atoms with van der Waals surface area (Å²) in [5.74, 6) is 1.53.